The first-order valence-electron chi connectivity index (χ1n) is 7.64. The van der Waals surface area contributed by atoms with Gasteiger partial charge in [-0.3, -0.25) is 4.98 Å². The quantitative estimate of drug-likeness (QED) is 0.819. The van der Waals surface area contributed by atoms with Crippen LogP contribution in [0.25, 0.3) is 10.8 Å². The third-order valence-corrected chi connectivity index (χ3v) is 4.58. The van der Waals surface area contributed by atoms with E-state index >= 15 is 0 Å². The third-order valence-electron chi connectivity index (χ3n) is 4.36. The van der Waals surface area contributed by atoms with E-state index in [4.69, 9.17) is 12.2 Å². The van der Waals surface area contributed by atoms with Crippen molar-refractivity contribution in [3.63, 3.8) is 0 Å². The second kappa shape index (κ2) is 6.39. The number of pyridine rings is 1. The number of hydrogen-bond acceptors (Lipinski definition) is 2. The van der Waals surface area contributed by atoms with E-state index in [0.717, 1.165) is 21.6 Å². The summed E-state index contributed by atoms with van der Waals surface area (Å²) in [6.07, 6.45) is 8.83. The van der Waals surface area contributed by atoms with Gasteiger partial charge in [0.05, 0.1) is 0 Å². The topological polar surface area (TPSA) is 37.0 Å². The minimum absolute atomic E-state index is 0.496. The molecule has 0 aliphatic heterocycles. The summed E-state index contributed by atoms with van der Waals surface area (Å²) in [5.41, 5.74) is 1.04. The Kier molecular flexibility index (Phi) is 4.34. The number of rotatable bonds is 2. The molecule has 21 heavy (non-hydrogen) atoms. The molecule has 0 unspecified atom stereocenters. The Morgan fingerprint density at radius 3 is 2.95 bits per heavy atom. The lowest BCUT2D eigenvalue weighted by molar-refractivity contribution is 0.309. The van der Waals surface area contributed by atoms with Crippen molar-refractivity contribution in [3.05, 3.63) is 36.7 Å². The number of thiocarbonyl (C=S) groups is 1. The Bertz CT molecular complexity index is 635. The zero-order chi connectivity index (χ0) is 14.7. The van der Waals surface area contributed by atoms with Crippen LogP contribution in [0.5, 0.6) is 0 Å². The maximum atomic E-state index is 5.49. The lowest BCUT2D eigenvalue weighted by Crippen LogP contribution is -2.43. The zero-order valence-corrected chi connectivity index (χ0v) is 13.1. The van der Waals surface area contributed by atoms with Gasteiger partial charge in [0.1, 0.15) is 0 Å². The second-order valence-electron chi connectivity index (χ2n) is 5.87. The van der Waals surface area contributed by atoms with E-state index in [9.17, 15) is 0 Å². The molecule has 1 aromatic heterocycles. The molecule has 2 atom stereocenters. The number of fused-ring (bicyclic) bond motifs is 1. The van der Waals surface area contributed by atoms with E-state index in [0.29, 0.717) is 12.0 Å². The molecule has 1 saturated carbocycles. The molecule has 1 fully saturated rings. The van der Waals surface area contributed by atoms with Crippen LogP contribution in [-0.2, 0) is 0 Å². The van der Waals surface area contributed by atoms with Crippen molar-refractivity contribution in [2.45, 2.75) is 38.6 Å². The maximum absolute atomic E-state index is 5.49. The fourth-order valence-corrected chi connectivity index (χ4v) is 3.35. The van der Waals surface area contributed by atoms with Crippen molar-refractivity contribution in [2.75, 3.05) is 5.32 Å². The predicted molar refractivity (Wildman–Crippen MR) is 92.5 cm³/mol. The highest BCUT2D eigenvalue weighted by molar-refractivity contribution is 7.80. The minimum atomic E-state index is 0.496. The Hall–Kier alpha value is -1.68. The Morgan fingerprint density at radius 1 is 1.24 bits per heavy atom. The van der Waals surface area contributed by atoms with E-state index in [1.54, 1.807) is 0 Å². The summed E-state index contributed by atoms with van der Waals surface area (Å²) >= 11 is 5.49. The molecule has 1 aliphatic carbocycles. The monoisotopic (exact) mass is 299 g/mol. The molecule has 0 spiro atoms. The molecule has 1 aliphatic rings. The number of hydrogen-bond donors (Lipinski definition) is 2. The van der Waals surface area contributed by atoms with Crippen molar-refractivity contribution in [1.82, 2.24) is 10.3 Å². The lowest BCUT2D eigenvalue weighted by atomic mass is 9.86. The molecule has 2 aromatic rings. The van der Waals surface area contributed by atoms with Crippen molar-refractivity contribution < 1.29 is 0 Å². The smallest absolute Gasteiger partial charge is 0.171 e. The highest BCUT2D eigenvalue weighted by Gasteiger charge is 2.21. The molecular formula is C17H21N3S. The summed E-state index contributed by atoms with van der Waals surface area (Å²) in [5.74, 6) is 0.690. The SMILES string of the molecule is C[C@H]1CCCC[C@H]1NC(=S)Nc1cccc2cnccc12. The maximum Gasteiger partial charge on any atom is 0.171 e. The average Bonchev–Trinajstić information content (AvgIpc) is 2.50. The van der Waals surface area contributed by atoms with Crippen molar-refractivity contribution in [3.8, 4) is 0 Å². The van der Waals surface area contributed by atoms with Gasteiger partial charge in [0, 0.05) is 34.9 Å². The van der Waals surface area contributed by atoms with Crippen LogP contribution in [0.4, 0.5) is 5.69 Å². The molecule has 0 radical (unpaired) electrons. The normalized spacial score (nSPS) is 22.0. The van der Waals surface area contributed by atoms with Gasteiger partial charge in [-0.05, 0) is 43.1 Å². The summed E-state index contributed by atoms with van der Waals surface area (Å²) < 4.78 is 0. The van der Waals surface area contributed by atoms with Gasteiger partial charge in [0.25, 0.3) is 0 Å². The predicted octanol–water partition coefficient (Wildman–Crippen LogP) is 4.10. The molecule has 0 bridgehead atoms. The minimum Gasteiger partial charge on any atom is -0.359 e. The number of anilines is 1. The van der Waals surface area contributed by atoms with Crippen molar-refractivity contribution in [1.29, 1.82) is 0 Å². The molecule has 1 heterocycles. The standard InChI is InChI=1S/C17H21N3S/c1-12-5-2-3-7-15(12)19-17(21)20-16-8-4-6-13-11-18-10-9-14(13)16/h4,6,8-12,15H,2-3,5,7H2,1H3,(H2,19,20,21)/t12-,15+/m0/s1. The fraction of sp³-hybridized carbons (Fsp3) is 0.412. The Morgan fingerprint density at radius 2 is 2.10 bits per heavy atom. The van der Waals surface area contributed by atoms with Crippen molar-refractivity contribution in [2.24, 2.45) is 5.92 Å². The molecule has 4 heteroatoms. The molecule has 3 nitrogen and oxygen atoms in total. The molecule has 1 aromatic carbocycles. The van der Waals surface area contributed by atoms with Crippen LogP contribution in [0.3, 0.4) is 0 Å². The van der Waals surface area contributed by atoms with E-state index in [1.165, 1.54) is 25.7 Å². The number of aromatic nitrogens is 1. The first-order valence-corrected chi connectivity index (χ1v) is 8.05. The van der Waals surface area contributed by atoms with Crippen LogP contribution >= 0.6 is 12.2 Å². The van der Waals surface area contributed by atoms with Crippen LogP contribution in [0.15, 0.2) is 36.7 Å². The van der Waals surface area contributed by atoms with Gasteiger partial charge >= 0.3 is 0 Å². The first-order chi connectivity index (χ1) is 10.2. The molecular weight excluding hydrogens is 278 g/mol. The number of nitrogens with one attached hydrogen (secondary N) is 2. The van der Waals surface area contributed by atoms with Crippen LogP contribution < -0.4 is 10.6 Å². The molecule has 3 rings (SSSR count). The highest BCUT2D eigenvalue weighted by Crippen LogP contribution is 2.25. The number of nitrogens with zero attached hydrogens (tertiary/aromatic N) is 1. The molecule has 0 amide bonds. The number of benzene rings is 1. The van der Waals surface area contributed by atoms with E-state index in [1.807, 2.05) is 24.5 Å². The van der Waals surface area contributed by atoms with Gasteiger partial charge in [0.15, 0.2) is 5.11 Å². The van der Waals surface area contributed by atoms with Gasteiger partial charge in [-0.15, -0.1) is 0 Å². The van der Waals surface area contributed by atoms with Gasteiger partial charge in [0.2, 0.25) is 0 Å². The van der Waals surface area contributed by atoms with Crippen LogP contribution in [0.2, 0.25) is 0 Å². The highest BCUT2D eigenvalue weighted by atomic mass is 32.1. The van der Waals surface area contributed by atoms with E-state index in [2.05, 4.69) is 34.7 Å². The second-order valence-corrected chi connectivity index (χ2v) is 6.28. The third kappa shape index (κ3) is 3.32. The summed E-state index contributed by atoms with van der Waals surface area (Å²) in [6, 6.07) is 8.66. The molecule has 2 N–H and O–H groups in total. The summed E-state index contributed by atoms with van der Waals surface area (Å²) in [7, 11) is 0. The van der Waals surface area contributed by atoms with Gasteiger partial charge in [-0.1, -0.05) is 31.9 Å². The lowest BCUT2D eigenvalue weighted by Gasteiger charge is -2.30. The largest absolute Gasteiger partial charge is 0.359 e. The van der Waals surface area contributed by atoms with Gasteiger partial charge < -0.3 is 10.6 Å². The van der Waals surface area contributed by atoms with E-state index < -0.39 is 0 Å². The van der Waals surface area contributed by atoms with Crippen LogP contribution in [0, 0.1) is 5.92 Å². The van der Waals surface area contributed by atoms with Gasteiger partial charge in [-0.25, -0.2) is 0 Å². The summed E-state index contributed by atoms with van der Waals surface area (Å²) in [6.45, 7) is 2.31. The zero-order valence-electron chi connectivity index (χ0n) is 12.3. The fourth-order valence-electron chi connectivity index (χ4n) is 3.09. The Labute approximate surface area is 131 Å². The molecule has 110 valence electrons. The van der Waals surface area contributed by atoms with E-state index in [-0.39, 0.29) is 0 Å². The summed E-state index contributed by atoms with van der Waals surface area (Å²) in [5, 5.41) is 9.82. The first kappa shape index (κ1) is 14.3. The van der Waals surface area contributed by atoms with Crippen molar-refractivity contribution >= 4 is 33.8 Å². The van der Waals surface area contributed by atoms with Gasteiger partial charge in [-0.2, -0.15) is 0 Å². The molecule has 0 saturated heterocycles. The average molecular weight is 299 g/mol. The Balaban J connectivity index is 1.71. The summed E-state index contributed by atoms with van der Waals surface area (Å²) in [4.78, 5) is 4.16. The van der Waals surface area contributed by atoms with Crippen LogP contribution in [0.1, 0.15) is 32.6 Å². The van der Waals surface area contributed by atoms with Crippen LogP contribution in [-0.4, -0.2) is 16.1 Å².